The number of thiazole rings is 1. The van der Waals surface area contributed by atoms with Gasteiger partial charge >= 0.3 is 0 Å². The van der Waals surface area contributed by atoms with Crippen molar-refractivity contribution in [1.29, 1.82) is 0 Å². The summed E-state index contributed by atoms with van der Waals surface area (Å²) in [4.78, 5) is 16.5. The fourth-order valence-corrected chi connectivity index (χ4v) is 2.68. The van der Waals surface area contributed by atoms with Crippen LogP contribution >= 0.6 is 11.3 Å². The van der Waals surface area contributed by atoms with Crippen molar-refractivity contribution < 1.29 is 4.79 Å². The summed E-state index contributed by atoms with van der Waals surface area (Å²) >= 11 is 1.31. The van der Waals surface area contributed by atoms with Gasteiger partial charge in [0.15, 0.2) is 5.13 Å². The van der Waals surface area contributed by atoms with Crippen molar-refractivity contribution in [3.8, 4) is 0 Å². The first-order chi connectivity index (χ1) is 8.99. The lowest BCUT2D eigenvalue weighted by Crippen LogP contribution is -2.13. The van der Waals surface area contributed by atoms with E-state index in [0.29, 0.717) is 15.7 Å². The molecule has 4 nitrogen and oxygen atoms in total. The van der Waals surface area contributed by atoms with Gasteiger partial charge < -0.3 is 5.73 Å². The third-order valence-corrected chi connectivity index (χ3v) is 3.65. The summed E-state index contributed by atoms with van der Waals surface area (Å²) in [6.07, 6.45) is 0. The number of hydrogen-bond donors (Lipinski definition) is 2. The van der Waals surface area contributed by atoms with Gasteiger partial charge in [-0.2, -0.15) is 0 Å². The topological polar surface area (TPSA) is 68.0 Å². The zero-order valence-corrected chi connectivity index (χ0v) is 12.0. The minimum atomic E-state index is -0.151. The molecule has 100 valence electrons. The molecule has 1 aromatic carbocycles. The van der Waals surface area contributed by atoms with Gasteiger partial charge in [0.1, 0.15) is 5.00 Å². The van der Waals surface area contributed by atoms with Gasteiger partial charge in [0.05, 0.1) is 5.69 Å². The number of nitrogens with zero attached hydrogens (tertiary/aromatic N) is 1. The third kappa shape index (κ3) is 2.93. The van der Waals surface area contributed by atoms with E-state index < -0.39 is 0 Å². The van der Waals surface area contributed by atoms with Gasteiger partial charge in [-0.1, -0.05) is 43.4 Å². The smallest absolute Gasteiger partial charge is 0.257 e. The molecule has 1 aromatic heterocycles. The molecule has 0 bridgehead atoms. The van der Waals surface area contributed by atoms with E-state index in [4.69, 9.17) is 5.73 Å². The normalized spacial score (nSPS) is 10.7. The van der Waals surface area contributed by atoms with Crippen LogP contribution in [0.1, 0.15) is 41.4 Å². The second-order valence-electron chi connectivity index (χ2n) is 4.69. The highest BCUT2D eigenvalue weighted by molar-refractivity contribution is 7.19. The molecule has 0 radical (unpaired) electrons. The maximum absolute atomic E-state index is 12.1. The number of rotatable bonds is 3. The fourth-order valence-electron chi connectivity index (χ4n) is 1.80. The molecule has 0 saturated heterocycles. The van der Waals surface area contributed by atoms with Gasteiger partial charge in [-0.15, -0.1) is 0 Å². The van der Waals surface area contributed by atoms with Crippen molar-refractivity contribution in [3.05, 3.63) is 41.1 Å². The van der Waals surface area contributed by atoms with E-state index in [1.54, 1.807) is 6.07 Å². The zero-order valence-electron chi connectivity index (χ0n) is 11.2. The summed E-state index contributed by atoms with van der Waals surface area (Å²) in [5.74, 6) is 0.0996. The highest BCUT2D eigenvalue weighted by Gasteiger charge is 2.15. The molecule has 0 atom stereocenters. The second kappa shape index (κ2) is 5.40. The number of aromatic nitrogens is 1. The summed E-state index contributed by atoms with van der Waals surface area (Å²) in [6.45, 7) is 5.96. The molecule has 0 aliphatic carbocycles. The minimum Gasteiger partial charge on any atom is -0.389 e. The number of hydrogen-bond acceptors (Lipinski definition) is 4. The van der Waals surface area contributed by atoms with E-state index in [9.17, 15) is 4.79 Å². The van der Waals surface area contributed by atoms with Gasteiger partial charge in [-0.05, 0) is 24.5 Å². The Morgan fingerprint density at radius 3 is 2.63 bits per heavy atom. The second-order valence-corrected chi connectivity index (χ2v) is 5.72. The maximum atomic E-state index is 12.1. The highest BCUT2D eigenvalue weighted by atomic mass is 32.1. The first-order valence-corrected chi connectivity index (χ1v) is 6.94. The van der Waals surface area contributed by atoms with Crippen LogP contribution in [-0.2, 0) is 0 Å². The molecule has 0 unspecified atom stereocenters. The van der Waals surface area contributed by atoms with Crippen LogP contribution in [0.15, 0.2) is 24.3 Å². The molecule has 2 aromatic rings. The number of carbonyl (C=O) groups excluding carboxylic acids is 1. The van der Waals surface area contributed by atoms with Crippen LogP contribution in [0.25, 0.3) is 0 Å². The Kier molecular flexibility index (Phi) is 3.85. The Hall–Kier alpha value is -1.88. The molecule has 19 heavy (non-hydrogen) atoms. The minimum absolute atomic E-state index is 0.151. The van der Waals surface area contributed by atoms with Crippen molar-refractivity contribution in [2.45, 2.75) is 26.7 Å². The van der Waals surface area contributed by atoms with Crippen LogP contribution in [0.2, 0.25) is 0 Å². The zero-order chi connectivity index (χ0) is 14.0. The van der Waals surface area contributed by atoms with Crippen LogP contribution in [0, 0.1) is 6.92 Å². The Morgan fingerprint density at radius 1 is 1.37 bits per heavy atom. The first-order valence-electron chi connectivity index (χ1n) is 6.12. The number of nitrogens with two attached hydrogens (primary N) is 1. The molecule has 0 saturated carbocycles. The molecule has 1 amide bonds. The lowest BCUT2D eigenvalue weighted by atomic mass is 10.1. The Labute approximate surface area is 116 Å². The van der Waals surface area contributed by atoms with Crippen LogP contribution in [0.4, 0.5) is 10.1 Å². The third-order valence-electron chi connectivity index (χ3n) is 2.84. The van der Waals surface area contributed by atoms with E-state index in [0.717, 1.165) is 11.3 Å². The predicted octanol–water partition coefficient (Wildman–Crippen LogP) is 3.41. The predicted molar refractivity (Wildman–Crippen MR) is 79.7 cm³/mol. The van der Waals surface area contributed by atoms with Crippen molar-refractivity contribution in [1.82, 2.24) is 4.98 Å². The standard InChI is InChI=1S/C14H17N3OS/c1-8(2)11-12(15)19-14(16-11)17-13(18)10-7-5-4-6-9(10)3/h4-8H,15H2,1-3H3,(H,16,17,18). The summed E-state index contributed by atoms with van der Waals surface area (Å²) in [7, 11) is 0. The number of anilines is 2. The maximum Gasteiger partial charge on any atom is 0.257 e. The lowest BCUT2D eigenvalue weighted by molar-refractivity contribution is 0.102. The number of aryl methyl sites for hydroxylation is 1. The van der Waals surface area contributed by atoms with Gasteiger partial charge in [-0.25, -0.2) is 4.98 Å². The quantitative estimate of drug-likeness (QED) is 0.902. The number of carbonyl (C=O) groups is 1. The van der Waals surface area contributed by atoms with Crippen LogP contribution in [0.5, 0.6) is 0 Å². The van der Waals surface area contributed by atoms with E-state index in [2.05, 4.69) is 10.3 Å². The Morgan fingerprint density at radius 2 is 2.05 bits per heavy atom. The fraction of sp³-hybridized carbons (Fsp3) is 0.286. The van der Waals surface area contributed by atoms with Crippen LogP contribution in [-0.4, -0.2) is 10.9 Å². The van der Waals surface area contributed by atoms with E-state index in [1.807, 2.05) is 39.0 Å². The average Bonchev–Trinajstić information content (AvgIpc) is 2.70. The molecule has 1 heterocycles. The summed E-state index contributed by atoms with van der Waals surface area (Å²) in [5, 5.41) is 4.02. The molecule has 5 heteroatoms. The monoisotopic (exact) mass is 275 g/mol. The van der Waals surface area contributed by atoms with E-state index in [1.165, 1.54) is 11.3 Å². The molecule has 0 aliphatic heterocycles. The Bertz CT molecular complexity index is 604. The van der Waals surface area contributed by atoms with Gasteiger partial charge in [-0.3, -0.25) is 10.1 Å². The number of nitrogens with one attached hydrogen (secondary N) is 1. The number of nitrogen functional groups attached to an aromatic ring is 1. The molecular weight excluding hydrogens is 258 g/mol. The molecule has 2 rings (SSSR count). The molecule has 0 fully saturated rings. The van der Waals surface area contributed by atoms with Crippen molar-refractivity contribution in [2.75, 3.05) is 11.1 Å². The first kappa shape index (κ1) is 13.5. The molecule has 0 spiro atoms. The van der Waals surface area contributed by atoms with Crippen molar-refractivity contribution in [2.24, 2.45) is 0 Å². The summed E-state index contributed by atoms with van der Waals surface area (Å²) < 4.78 is 0. The molecule has 3 N–H and O–H groups in total. The number of benzene rings is 1. The van der Waals surface area contributed by atoms with E-state index >= 15 is 0 Å². The summed E-state index contributed by atoms with van der Waals surface area (Å²) in [6, 6.07) is 7.46. The largest absolute Gasteiger partial charge is 0.389 e. The average molecular weight is 275 g/mol. The molecule has 0 aliphatic rings. The van der Waals surface area contributed by atoms with Gasteiger partial charge in [0.2, 0.25) is 0 Å². The number of amides is 1. The van der Waals surface area contributed by atoms with Crippen LogP contribution < -0.4 is 11.1 Å². The lowest BCUT2D eigenvalue weighted by Gasteiger charge is -2.04. The van der Waals surface area contributed by atoms with Crippen molar-refractivity contribution in [3.63, 3.8) is 0 Å². The van der Waals surface area contributed by atoms with Gasteiger partial charge in [0, 0.05) is 5.56 Å². The van der Waals surface area contributed by atoms with Gasteiger partial charge in [0.25, 0.3) is 5.91 Å². The Balaban J connectivity index is 2.20. The highest BCUT2D eigenvalue weighted by Crippen LogP contribution is 2.30. The SMILES string of the molecule is Cc1ccccc1C(=O)Nc1nc(C(C)C)c(N)s1. The summed E-state index contributed by atoms with van der Waals surface area (Å²) in [5.41, 5.74) is 8.32. The molecular formula is C14H17N3OS. The van der Waals surface area contributed by atoms with Crippen LogP contribution in [0.3, 0.4) is 0 Å². The van der Waals surface area contributed by atoms with E-state index in [-0.39, 0.29) is 11.8 Å². The van der Waals surface area contributed by atoms with Crippen molar-refractivity contribution >= 4 is 27.4 Å².